The van der Waals surface area contributed by atoms with Crippen LogP contribution in [-0.4, -0.2) is 33.7 Å². The molecule has 2 amide bonds. The molecule has 0 saturated carbocycles. The van der Waals surface area contributed by atoms with Crippen LogP contribution < -0.4 is 10.6 Å². The number of rotatable bonds is 6. The summed E-state index contributed by atoms with van der Waals surface area (Å²) in [5.74, 6) is -0.501. The number of ether oxygens (including phenoxy) is 1. The molecule has 1 saturated heterocycles. The van der Waals surface area contributed by atoms with Crippen molar-refractivity contribution < 1.29 is 22.3 Å². The van der Waals surface area contributed by atoms with Crippen molar-refractivity contribution in [3.8, 4) is 0 Å². The van der Waals surface area contributed by atoms with Crippen molar-refractivity contribution in [2.24, 2.45) is 0 Å². The summed E-state index contributed by atoms with van der Waals surface area (Å²) in [6, 6.07) is 10.1. The van der Waals surface area contributed by atoms with Gasteiger partial charge in [0.25, 0.3) is 0 Å². The molecule has 2 N–H and O–H groups in total. The Morgan fingerprint density at radius 1 is 1.07 bits per heavy atom. The van der Waals surface area contributed by atoms with E-state index in [1.807, 2.05) is 0 Å². The highest BCUT2D eigenvalue weighted by atomic mass is 32.2. The molecule has 2 aromatic rings. The molecule has 27 heavy (non-hydrogen) atoms. The van der Waals surface area contributed by atoms with Crippen molar-refractivity contribution in [1.82, 2.24) is 5.32 Å². The quantitative estimate of drug-likeness (QED) is 0.739. The molecule has 0 unspecified atom stereocenters. The van der Waals surface area contributed by atoms with Crippen molar-refractivity contribution in [3.05, 3.63) is 54.3 Å². The summed E-state index contributed by atoms with van der Waals surface area (Å²) in [5.41, 5.74) is 0.475. The number of amides is 2. The van der Waals surface area contributed by atoms with Crippen molar-refractivity contribution in [3.63, 3.8) is 0 Å². The van der Waals surface area contributed by atoms with E-state index in [1.54, 1.807) is 0 Å². The number of carbonyl (C=O) groups excluding carboxylic acids is 1. The molecule has 1 aliphatic rings. The second kappa shape index (κ2) is 8.49. The fourth-order valence-corrected chi connectivity index (χ4v) is 4.12. The third-order valence-corrected chi connectivity index (χ3v) is 6.11. The van der Waals surface area contributed by atoms with Gasteiger partial charge >= 0.3 is 6.03 Å². The molecular weight excluding hydrogens is 371 g/mol. The molecule has 0 spiro atoms. The summed E-state index contributed by atoms with van der Waals surface area (Å²) in [6.45, 7) is 1.29. The number of carbonyl (C=O) groups is 1. The van der Waals surface area contributed by atoms with Gasteiger partial charge in [-0.1, -0.05) is 0 Å². The Bertz CT molecular complexity index is 877. The summed E-state index contributed by atoms with van der Waals surface area (Å²) in [5, 5.41) is 5.41. The van der Waals surface area contributed by atoms with E-state index < -0.39 is 15.7 Å². The molecule has 8 heteroatoms. The predicted octanol–water partition coefficient (Wildman–Crippen LogP) is 3.35. The van der Waals surface area contributed by atoms with Gasteiger partial charge in [-0.3, -0.25) is 0 Å². The number of sulfone groups is 1. The van der Waals surface area contributed by atoms with Gasteiger partial charge in [0.2, 0.25) is 9.84 Å². The van der Waals surface area contributed by atoms with E-state index in [0.29, 0.717) is 12.2 Å². The molecule has 3 rings (SSSR count). The van der Waals surface area contributed by atoms with Crippen LogP contribution in [0.25, 0.3) is 0 Å². The summed E-state index contributed by atoms with van der Waals surface area (Å²) in [4.78, 5) is 12.0. The maximum atomic E-state index is 13.0. The molecule has 1 atom stereocenters. The Morgan fingerprint density at radius 3 is 2.30 bits per heavy atom. The molecule has 0 bridgehead atoms. The molecule has 1 fully saturated rings. The molecule has 144 valence electrons. The van der Waals surface area contributed by atoms with Gasteiger partial charge in [-0.15, -0.1) is 0 Å². The van der Waals surface area contributed by atoms with Crippen LogP contribution in [0.2, 0.25) is 0 Å². The highest BCUT2D eigenvalue weighted by molar-refractivity contribution is 7.91. The maximum Gasteiger partial charge on any atom is 0.319 e. The van der Waals surface area contributed by atoms with Crippen LogP contribution in [0.1, 0.15) is 19.3 Å². The van der Waals surface area contributed by atoms with Crippen molar-refractivity contribution >= 4 is 21.6 Å². The Balaban J connectivity index is 1.56. The lowest BCUT2D eigenvalue weighted by Gasteiger charge is -2.11. The van der Waals surface area contributed by atoms with Crippen LogP contribution in [0.3, 0.4) is 0 Å². The first kappa shape index (κ1) is 19.3. The van der Waals surface area contributed by atoms with Gasteiger partial charge in [-0.2, -0.15) is 0 Å². The number of urea groups is 1. The van der Waals surface area contributed by atoms with Crippen LogP contribution in [0.5, 0.6) is 0 Å². The summed E-state index contributed by atoms with van der Waals surface area (Å²) in [6.07, 6.45) is 3.06. The van der Waals surface area contributed by atoms with Crippen LogP contribution in [0.4, 0.5) is 14.9 Å². The average molecular weight is 392 g/mol. The number of hydrogen-bond acceptors (Lipinski definition) is 4. The Labute approximate surface area is 157 Å². The molecular formula is C19H21FN2O4S. The second-order valence-corrected chi connectivity index (χ2v) is 8.24. The molecule has 0 aliphatic carbocycles. The zero-order valence-electron chi connectivity index (χ0n) is 14.7. The zero-order chi connectivity index (χ0) is 19.3. The van der Waals surface area contributed by atoms with Gasteiger partial charge in [0.15, 0.2) is 0 Å². The third-order valence-electron chi connectivity index (χ3n) is 4.32. The fraction of sp³-hybridized carbons (Fsp3) is 0.316. The summed E-state index contributed by atoms with van der Waals surface area (Å²) < 4.78 is 43.5. The number of halogens is 1. The van der Waals surface area contributed by atoms with E-state index in [0.717, 1.165) is 38.0 Å². The lowest BCUT2D eigenvalue weighted by atomic mass is 10.2. The lowest BCUT2D eigenvalue weighted by molar-refractivity contribution is 0.105. The first-order chi connectivity index (χ1) is 12.9. The molecule has 2 aromatic carbocycles. The molecule has 1 aliphatic heterocycles. The number of nitrogens with one attached hydrogen (secondary N) is 2. The van der Waals surface area contributed by atoms with E-state index in [1.165, 1.54) is 36.4 Å². The molecule has 0 radical (unpaired) electrons. The molecule has 1 heterocycles. The van der Waals surface area contributed by atoms with Gasteiger partial charge in [-0.05, 0) is 67.8 Å². The Hall–Kier alpha value is -2.45. The SMILES string of the molecule is O=C(NCC[C@H]1CCCO1)Nc1ccc(S(=O)(=O)c2ccc(F)cc2)cc1. The monoisotopic (exact) mass is 392 g/mol. The minimum atomic E-state index is -3.73. The van der Waals surface area contributed by atoms with Crippen LogP contribution in [0, 0.1) is 5.82 Å². The van der Waals surface area contributed by atoms with E-state index >= 15 is 0 Å². The van der Waals surface area contributed by atoms with E-state index in [9.17, 15) is 17.6 Å². The minimum Gasteiger partial charge on any atom is -0.378 e. The maximum absolute atomic E-state index is 13.0. The van der Waals surface area contributed by atoms with Crippen molar-refractivity contribution in [1.29, 1.82) is 0 Å². The lowest BCUT2D eigenvalue weighted by Crippen LogP contribution is -2.31. The molecule has 0 aromatic heterocycles. The zero-order valence-corrected chi connectivity index (χ0v) is 15.5. The van der Waals surface area contributed by atoms with Crippen LogP contribution in [-0.2, 0) is 14.6 Å². The van der Waals surface area contributed by atoms with Gasteiger partial charge in [0.05, 0.1) is 15.9 Å². The summed E-state index contributed by atoms with van der Waals surface area (Å²) in [7, 11) is -3.73. The van der Waals surface area contributed by atoms with E-state index in [-0.39, 0.29) is 21.9 Å². The smallest absolute Gasteiger partial charge is 0.319 e. The number of benzene rings is 2. The highest BCUT2D eigenvalue weighted by Crippen LogP contribution is 2.22. The predicted molar refractivity (Wildman–Crippen MR) is 98.9 cm³/mol. The van der Waals surface area contributed by atoms with E-state index in [4.69, 9.17) is 4.74 Å². The van der Waals surface area contributed by atoms with Gasteiger partial charge in [0, 0.05) is 18.8 Å². The highest BCUT2D eigenvalue weighted by Gasteiger charge is 2.18. The first-order valence-electron chi connectivity index (χ1n) is 8.72. The topological polar surface area (TPSA) is 84.5 Å². The normalized spacial score (nSPS) is 16.9. The van der Waals surface area contributed by atoms with Gasteiger partial charge in [0.1, 0.15) is 5.82 Å². The standard InChI is InChI=1S/C19H21FN2O4S/c20-14-3-7-17(8-4-14)27(24,25)18-9-5-15(6-10-18)22-19(23)21-12-11-16-2-1-13-26-16/h3-10,16H,1-2,11-13H2,(H2,21,22,23)/t16-/m1/s1. The Morgan fingerprint density at radius 2 is 1.70 bits per heavy atom. The fourth-order valence-electron chi connectivity index (χ4n) is 2.86. The van der Waals surface area contributed by atoms with Gasteiger partial charge < -0.3 is 15.4 Å². The molecule has 6 nitrogen and oxygen atoms in total. The average Bonchev–Trinajstić information content (AvgIpc) is 3.16. The van der Waals surface area contributed by atoms with Crippen molar-refractivity contribution in [2.75, 3.05) is 18.5 Å². The van der Waals surface area contributed by atoms with Crippen LogP contribution in [0.15, 0.2) is 58.3 Å². The van der Waals surface area contributed by atoms with E-state index in [2.05, 4.69) is 10.6 Å². The number of anilines is 1. The first-order valence-corrected chi connectivity index (χ1v) is 10.2. The number of hydrogen-bond donors (Lipinski definition) is 2. The van der Waals surface area contributed by atoms with Crippen LogP contribution >= 0.6 is 0 Å². The third kappa shape index (κ3) is 5.05. The minimum absolute atomic E-state index is 0.0106. The Kier molecular flexibility index (Phi) is 6.08. The summed E-state index contributed by atoms with van der Waals surface area (Å²) >= 11 is 0. The van der Waals surface area contributed by atoms with Crippen molar-refractivity contribution in [2.45, 2.75) is 35.2 Å². The largest absolute Gasteiger partial charge is 0.378 e. The second-order valence-electron chi connectivity index (χ2n) is 6.29. The van der Waals surface area contributed by atoms with Gasteiger partial charge in [-0.25, -0.2) is 17.6 Å².